The second-order valence-corrected chi connectivity index (χ2v) is 11.2. The van der Waals surface area contributed by atoms with Crippen molar-refractivity contribution in [2.75, 3.05) is 0 Å². The Morgan fingerprint density at radius 2 is 1.55 bits per heavy atom. The molecular weight excluding hydrogens is 486 g/mol. The quantitative estimate of drug-likeness (QED) is 0.209. The minimum absolute atomic E-state index is 0.308. The summed E-state index contributed by atoms with van der Waals surface area (Å²) in [5, 5.41) is 2.07. The van der Waals surface area contributed by atoms with Gasteiger partial charge < -0.3 is 4.42 Å². The zero-order valence-corrected chi connectivity index (χ0v) is 23.1. The van der Waals surface area contributed by atoms with E-state index in [0.29, 0.717) is 5.56 Å². The van der Waals surface area contributed by atoms with Crippen LogP contribution < -0.4 is 4.57 Å². The molecule has 1 aliphatic rings. The van der Waals surface area contributed by atoms with Gasteiger partial charge in [0, 0.05) is 33.4 Å². The third kappa shape index (κ3) is 4.32. The smallest absolute Gasteiger partial charge is 0.216 e. The number of nitrogens with zero attached hydrogens (tertiary/aromatic N) is 1. The van der Waals surface area contributed by atoms with Gasteiger partial charge in [0.25, 0.3) is 0 Å². The lowest BCUT2D eigenvalue weighted by atomic mass is 9.83. The Labute approximate surface area is 242 Å². The van der Waals surface area contributed by atoms with Crippen molar-refractivity contribution in [2.24, 2.45) is 7.05 Å². The maximum absolute atomic E-state index is 9.00. The zero-order valence-electron chi connectivity index (χ0n) is 27.1. The van der Waals surface area contributed by atoms with Crippen LogP contribution in [0.25, 0.3) is 55.4 Å². The Hall–Kier alpha value is -4.17. The molecule has 0 aliphatic heterocycles. The topological polar surface area (TPSA) is 17.0 Å². The van der Waals surface area contributed by atoms with Crippen molar-refractivity contribution in [3.8, 4) is 33.5 Å². The summed E-state index contributed by atoms with van der Waals surface area (Å²) in [6.45, 7) is -0.104. The van der Waals surface area contributed by atoms with Crippen molar-refractivity contribution in [1.82, 2.24) is 0 Å². The molecule has 0 spiro atoms. The zero-order chi connectivity index (χ0) is 30.6. The highest BCUT2D eigenvalue weighted by Crippen LogP contribution is 2.41. The van der Waals surface area contributed by atoms with Crippen LogP contribution >= 0.6 is 0 Å². The number of para-hydroxylation sites is 1. The first-order chi connectivity index (χ1) is 21.1. The summed E-state index contributed by atoms with van der Waals surface area (Å²) in [5.41, 5.74) is 10.3. The number of hydrogen-bond acceptors (Lipinski definition) is 1. The van der Waals surface area contributed by atoms with Crippen LogP contribution in [0.3, 0.4) is 0 Å². The predicted molar refractivity (Wildman–Crippen MR) is 167 cm³/mol. The summed E-state index contributed by atoms with van der Waals surface area (Å²) < 4.78 is 41.1. The molecule has 1 fully saturated rings. The number of rotatable bonds is 4. The lowest BCUT2D eigenvalue weighted by molar-refractivity contribution is -0.660. The van der Waals surface area contributed by atoms with Gasteiger partial charge in [0.05, 0.1) is 5.56 Å². The minimum atomic E-state index is -2.17. The molecule has 0 saturated heterocycles. The number of aryl methyl sites for hydroxylation is 3. The summed E-state index contributed by atoms with van der Waals surface area (Å²) in [4.78, 5) is 0. The number of pyridine rings is 1. The molecule has 0 unspecified atom stereocenters. The van der Waals surface area contributed by atoms with Gasteiger partial charge in [-0.1, -0.05) is 92.1 Å². The van der Waals surface area contributed by atoms with Gasteiger partial charge in [-0.05, 0) is 72.5 Å². The van der Waals surface area contributed by atoms with Crippen LogP contribution in [0.15, 0.2) is 102 Å². The Morgan fingerprint density at radius 1 is 0.775 bits per heavy atom. The van der Waals surface area contributed by atoms with E-state index in [1.807, 2.05) is 17.7 Å². The largest absolute Gasteiger partial charge is 0.454 e. The van der Waals surface area contributed by atoms with Crippen molar-refractivity contribution in [3.63, 3.8) is 0 Å². The Balaban J connectivity index is 1.31. The van der Waals surface area contributed by atoms with E-state index in [0.717, 1.165) is 92.3 Å². The lowest BCUT2D eigenvalue weighted by Crippen LogP contribution is -2.31. The average molecular weight is 527 g/mol. The van der Waals surface area contributed by atoms with Gasteiger partial charge in [-0.2, -0.15) is 0 Å². The average Bonchev–Trinajstić information content (AvgIpc) is 3.40. The maximum atomic E-state index is 9.00. The number of fused-ring (bicyclic) bond motifs is 3. The summed E-state index contributed by atoms with van der Waals surface area (Å²) in [7, 11) is 1.88. The third-order valence-electron chi connectivity index (χ3n) is 8.52. The van der Waals surface area contributed by atoms with Gasteiger partial charge in [-0.3, -0.25) is 0 Å². The Morgan fingerprint density at radius 3 is 2.35 bits per heavy atom. The van der Waals surface area contributed by atoms with Crippen LogP contribution in [0.1, 0.15) is 60.2 Å². The molecule has 0 atom stereocenters. The van der Waals surface area contributed by atoms with Crippen molar-refractivity contribution < 1.29 is 14.5 Å². The van der Waals surface area contributed by atoms with Gasteiger partial charge in [0.15, 0.2) is 6.20 Å². The number of benzene rings is 4. The molecule has 198 valence electrons. The summed E-state index contributed by atoms with van der Waals surface area (Å²) in [6, 6.07) is 31.3. The summed E-state index contributed by atoms with van der Waals surface area (Å²) in [6.07, 6.45) is 7.08. The Kier molecular flexibility index (Phi) is 5.22. The summed E-state index contributed by atoms with van der Waals surface area (Å²) >= 11 is 0. The SMILES string of the molecule is [2H]C([2H])([2H])c1ccc(-c2c(C)ccc3c2oc2c(-c4cccc(-c5ccc(C6([2H])CCCCC6)cc5)c4)cccc23)[n+](C)c1. The number of aromatic nitrogens is 1. The van der Waals surface area contributed by atoms with Gasteiger partial charge in [0.2, 0.25) is 5.69 Å². The van der Waals surface area contributed by atoms with Gasteiger partial charge in [-0.15, -0.1) is 0 Å². The van der Waals surface area contributed by atoms with E-state index in [-0.39, 0.29) is 0 Å². The molecule has 0 radical (unpaired) electrons. The fourth-order valence-electron chi connectivity index (χ4n) is 6.41. The molecule has 2 heteroatoms. The van der Waals surface area contributed by atoms with Gasteiger partial charge >= 0.3 is 0 Å². The van der Waals surface area contributed by atoms with Crippen molar-refractivity contribution in [1.29, 1.82) is 0 Å². The monoisotopic (exact) mass is 526 g/mol. The van der Waals surface area contributed by atoms with Crippen LogP contribution in [0.5, 0.6) is 0 Å². The fourth-order valence-corrected chi connectivity index (χ4v) is 6.41. The molecule has 7 rings (SSSR count). The van der Waals surface area contributed by atoms with E-state index < -0.39 is 12.7 Å². The fraction of sp³-hybridized carbons (Fsp3) is 0.237. The molecule has 0 amide bonds. The molecule has 1 aliphatic carbocycles. The molecule has 2 heterocycles. The molecule has 0 bridgehead atoms. The molecule has 40 heavy (non-hydrogen) atoms. The normalized spacial score (nSPS) is 16.9. The van der Waals surface area contributed by atoms with Crippen molar-refractivity contribution in [3.05, 3.63) is 114 Å². The molecule has 2 aromatic heterocycles. The second kappa shape index (κ2) is 10.1. The van der Waals surface area contributed by atoms with Crippen LogP contribution in [0.2, 0.25) is 0 Å². The van der Waals surface area contributed by atoms with E-state index in [9.17, 15) is 0 Å². The van der Waals surface area contributed by atoms with E-state index in [1.165, 1.54) is 6.42 Å². The maximum Gasteiger partial charge on any atom is 0.216 e. The molecule has 2 nitrogen and oxygen atoms in total. The molecule has 6 aromatic rings. The molecule has 0 N–H and O–H groups in total. The van der Waals surface area contributed by atoms with Crippen molar-refractivity contribution >= 4 is 21.9 Å². The molecule has 4 aromatic carbocycles. The van der Waals surface area contributed by atoms with E-state index in [4.69, 9.17) is 9.90 Å². The Bertz CT molecular complexity index is 2010. The van der Waals surface area contributed by atoms with Crippen LogP contribution in [0, 0.1) is 13.8 Å². The lowest BCUT2D eigenvalue weighted by Gasteiger charge is -2.22. The first-order valence-electron chi connectivity index (χ1n) is 16.3. The highest BCUT2D eigenvalue weighted by atomic mass is 16.3. The number of furan rings is 1. The van der Waals surface area contributed by atoms with E-state index in [1.54, 1.807) is 12.3 Å². The summed E-state index contributed by atoms with van der Waals surface area (Å²) in [5.74, 6) is -0.457. The third-order valence-corrected chi connectivity index (χ3v) is 8.52. The van der Waals surface area contributed by atoms with Gasteiger partial charge in [-0.25, -0.2) is 4.57 Å². The predicted octanol–water partition coefficient (Wildman–Crippen LogP) is 10.1. The van der Waals surface area contributed by atoms with Crippen LogP contribution in [0.4, 0.5) is 0 Å². The standard InChI is InChI=1S/C38H36NO/c1-25-15-22-35(39(3)24-25)36-26(2)16-21-34-33-14-8-13-32(37(33)40-38(34)36)31-12-7-11-30(23-31)29-19-17-28(18-20-29)27-9-5-4-6-10-27/h7-8,11-24,27H,4-6,9-10H2,1-3H3/q+1/i1D3,27D. The highest BCUT2D eigenvalue weighted by molar-refractivity contribution is 6.13. The highest BCUT2D eigenvalue weighted by Gasteiger charge is 2.22. The molecular formula is C38H36NO+. The van der Waals surface area contributed by atoms with E-state index in [2.05, 4.69) is 85.8 Å². The first-order valence-corrected chi connectivity index (χ1v) is 14.3. The van der Waals surface area contributed by atoms with Gasteiger partial charge in [0.1, 0.15) is 18.2 Å². The van der Waals surface area contributed by atoms with Crippen LogP contribution in [-0.4, -0.2) is 0 Å². The van der Waals surface area contributed by atoms with Crippen molar-refractivity contribution in [2.45, 2.75) is 51.8 Å². The molecule has 1 saturated carbocycles. The van der Waals surface area contributed by atoms with E-state index >= 15 is 0 Å². The second-order valence-electron chi connectivity index (χ2n) is 11.2. The van der Waals surface area contributed by atoms with Crippen LogP contribution in [-0.2, 0) is 7.05 Å². The minimum Gasteiger partial charge on any atom is -0.454 e. The first kappa shape index (κ1) is 20.7. The number of hydrogen-bond donors (Lipinski definition) is 0.